The molecule has 0 spiro atoms. The van der Waals surface area contributed by atoms with E-state index in [1.807, 2.05) is 18.2 Å². The van der Waals surface area contributed by atoms with Crippen LogP contribution < -0.4 is 5.73 Å². The summed E-state index contributed by atoms with van der Waals surface area (Å²) in [5.41, 5.74) is 8.45. The van der Waals surface area contributed by atoms with Gasteiger partial charge < -0.3 is 15.4 Å². The van der Waals surface area contributed by atoms with Gasteiger partial charge in [-0.15, -0.1) is 0 Å². The highest BCUT2D eigenvalue weighted by molar-refractivity contribution is 5.79. The highest BCUT2D eigenvalue weighted by Gasteiger charge is 2.22. The molecular formula is C17H27N3O. The van der Waals surface area contributed by atoms with Crippen LogP contribution in [-0.2, 0) is 6.54 Å². The van der Waals surface area contributed by atoms with Crippen LogP contribution >= 0.6 is 0 Å². The third kappa shape index (κ3) is 3.21. The number of imidazole rings is 1. The summed E-state index contributed by atoms with van der Waals surface area (Å²) < 4.78 is 2.16. The number of nitrogens with zero attached hydrogens (tertiary/aromatic N) is 2. The molecule has 2 aromatic rings. The molecule has 0 fully saturated rings. The molecule has 0 saturated carbocycles. The number of fused-ring (bicyclic) bond motifs is 1. The third-order valence-corrected chi connectivity index (χ3v) is 4.28. The average Bonchev–Trinajstić information content (AvgIpc) is 2.72. The number of hydrogen-bond acceptors (Lipinski definition) is 3. The van der Waals surface area contributed by atoms with Gasteiger partial charge in [0.2, 0.25) is 0 Å². The molecule has 4 heteroatoms. The Morgan fingerprint density at radius 1 is 1.14 bits per heavy atom. The number of nitrogen functional groups attached to an aromatic ring is 1. The largest absolute Gasteiger partial charge is 0.399 e. The first-order valence-electron chi connectivity index (χ1n) is 7.75. The maximum absolute atomic E-state index is 10.1. The summed E-state index contributed by atoms with van der Waals surface area (Å²) in [6.45, 7) is 11.7. The van der Waals surface area contributed by atoms with Crippen LogP contribution in [0.3, 0.4) is 0 Å². The minimum atomic E-state index is -0.585. The van der Waals surface area contributed by atoms with E-state index in [1.54, 1.807) is 6.92 Å². The van der Waals surface area contributed by atoms with Crippen LogP contribution in [0.25, 0.3) is 11.0 Å². The molecule has 116 valence electrons. The topological polar surface area (TPSA) is 64.1 Å². The molecule has 1 heterocycles. The number of aromatic nitrogens is 2. The maximum Gasteiger partial charge on any atom is 0.138 e. The second kappa shape index (κ2) is 6.06. The third-order valence-electron chi connectivity index (χ3n) is 4.28. The SMILES string of the molecule is CC(O)c1nc2cc(N)ccc2n1CC(C(C)C)C(C)C. The van der Waals surface area contributed by atoms with Crippen molar-refractivity contribution >= 4 is 16.7 Å². The van der Waals surface area contributed by atoms with Gasteiger partial charge >= 0.3 is 0 Å². The van der Waals surface area contributed by atoms with Crippen LogP contribution in [0.15, 0.2) is 18.2 Å². The molecule has 0 aliphatic rings. The Kier molecular flexibility index (Phi) is 4.57. The van der Waals surface area contributed by atoms with Gasteiger partial charge in [0.25, 0.3) is 0 Å². The van der Waals surface area contributed by atoms with Crippen LogP contribution in [0.2, 0.25) is 0 Å². The summed E-state index contributed by atoms with van der Waals surface area (Å²) in [7, 11) is 0. The molecule has 0 bridgehead atoms. The summed E-state index contributed by atoms with van der Waals surface area (Å²) >= 11 is 0. The molecule has 3 N–H and O–H groups in total. The van der Waals surface area contributed by atoms with E-state index in [0.29, 0.717) is 23.4 Å². The van der Waals surface area contributed by atoms with Crippen molar-refractivity contribution in [3.05, 3.63) is 24.0 Å². The average molecular weight is 289 g/mol. The molecule has 1 atom stereocenters. The fraction of sp³-hybridized carbons (Fsp3) is 0.588. The molecule has 1 unspecified atom stereocenters. The van der Waals surface area contributed by atoms with Crippen molar-refractivity contribution in [1.82, 2.24) is 9.55 Å². The first-order valence-corrected chi connectivity index (χ1v) is 7.75. The van der Waals surface area contributed by atoms with Gasteiger partial charge in [-0.2, -0.15) is 0 Å². The smallest absolute Gasteiger partial charge is 0.138 e. The molecule has 4 nitrogen and oxygen atoms in total. The zero-order chi connectivity index (χ0) is 15.7. The molecular weight excluding hydrogens is 262 g/mol. The number of aliphatic hydroxyl groups excluding tert-OH is 1. The van der Waals surface area contributed by atoms with Crippen molar-refractivity contribution < 1.29 is 5.11 Å². The Morgan fingerprint density at radius 2 is 1.76 bits per heavy atom. The Balaban J connectivity index is 2.52. The Hall–Kier alpha value is -1.55. The van der Waals surface area contributed by atoms with E-state index < -0.39 is 6.10 Å². The van der Waals surface area contributed by atoms with Crippen molar-refractivity contribution in [3.8, 4) is 0 Å². The Labute approximate surface area is 127 Å². The van der Waals surface area contributed by atoms with E-state index in [0.717, 1.165) is 23.4 Å². The second-order valence-electron chi connectivity index (χ2n) is 6.66. The highest BCUT2D eigenvalue weighted by Crippen LogP contribution is 2.28. The summed E-state index contributed by atoms with van der Waals surface area (Å²) in [5.74, 6) is 2.43. The van der Waals surface area contributed by atoms with E-state index in [1.165, 1.54) is 0 Å². The molecule has 1 aromatic heterocycles. The quantitative estimate of drug-likeness (QED) is 0.827. The lowest BCUT2D eigenvalue weighted by molar-refractivity contribution is 0.176. The number of aliphatic hydroxyl groups is 1. The van der Waals surface area contributed by atoms with E-state index in [-0.39, 0.29) is 0 Å². The van der Waals surface area contributed by atoms with Crippen molar-refractivity contribution in [2.45, 2.75) is 47.3 Å². The fourth-order valence-corrected chi connectivity index (χ4v) is 3.08. The van der Waals surface area contributed by atoms with Gasteiger partial charge in [0.15, 0.2) is 0 Å². The lowest BCUT2D eigenvalue weighted by Crippen LogP contribution is -2.23. The molecule has 2 rings (SSSR count). The van der Waals surface area contributed by atoms with Gasteiger partial charge in [-0.1, -0.05) is 27.7 Å². The van der Waals surface area contributed by atoms with Gasteiger partial charge in [-0.25, -0.2) is 4.98 Å². The van der Waals surface area contributed by atoms with Crippen LogP contribution in [0.4, 0.5) is 5.69 Å². The van der Waals surface area contributed by atoms with Crippen LogP contribution in [0, 0.1) is 17.8 Å². The molecule has 0 aliphatic heterocycles. The lowest BCUT2D eigenvalue weighted by atomic mass is 9.85. The summed E-state index contributed by atoms with van der Waals surface area (Å²) in [6.07, 6.45) is -0.585. The zero-order valence-electron chi connectivity index (χ0n) is 13.7. The first-order chi connectivity index (χ1) is 9.81. The number of hydrogen-bond donors (Lipinski definition) is 2. The number of nitrogens with two attached hydrogens (primary N) is 1. The predicted molar refractivity (Wildman–Crippen MR) is 87.9 cm³/mol. The zero-order valence-corrected chi connectivity index (χ0v) is 13.7. The van der Waals surface area contributed by atoms with E-state index in [2.05, 4.69) is 37.2 Å². The van der Waals surface area contributed by atoms with Gasteiger partial charge in [-0.05, 0) is 42.9 Å². The van der Waals surface area contributed by atoms with Gasteiger partial charge in [0.1, 0.15) is 11.9 Å². The van der Waals surface area contributed by atoms with E-state index in [4.69, 9.17) is 5.73 Å². The number of benzene rings is 1. The minimum absolute atomic E-state index is 0.539. The van der Waals surface area contributed by atoms with Crippen LogP contribution in [-0.4, -0.2) is 14.7 Å². The fourth-order valence-electron chi connectivity index (χ4n) is 3.08. The first kappa shape index (κ1) is 15.8. The molecule has 0 saturated heterocycles. The van der Waals surface area contributed by atoms with Gasteiger partial charge in [0.05, 0.1) is 11.0 Å². The molecule has 1 aromatic carbocycles. The molecule has 0 radical (unpaired) electrons. The number of rotatable bonds is 5. The lowest BCUT2D eigenvalue weighted by Gasteiger charge is -2.26. The normalized spacial score (nSPS) is 13.8. The second-order valence-corrected chi connectivity index (χ2v) is 6.66. The predicted octanol–water partition coefficient (Wildman–Crippen LogP) is 3.60. The van der Waals surface area contributed by atoms with Crippen LogP contribution in [0.1, 0.15) is 46.5 Å². The highest BCUT2D eigenvalue weighted by atomic mass is 16.3. The summed E-state index contributed by atoms with van der Waals surface area (Å²) in [6, 6.07) is 5.77. The Morgan fingerprint density at radius 3 is 2.29 bits per heavy atom. The van der Waals surface area contributed by atoms with Crippen molar-refractivity contribution in [3.63, 3.8) is 0 Å². The summed E-state index contributed by atoms with van der Waals surface area (Å²) in [5, 5.41) is 10.1. The molecule has 0 amide bonds. The molecule has 0 aliphatic carbocycles. The maximum atomic E-state index is 10.1. The van der Waals surface area contributed by atoms with E-state index in [9.17, 15) is 5.11 Å². The van der Waals surface area contributed by atoms with Gasteiger partial charge in [0, 0.05) is 12.2 Å². The summed E-state index contributed by atoms with van der Waals surface area (Å²) in [4.78, 5) is 4.58. The van der Waals surface area contributed by atoms with Gasteiger partial charge in [-0.3, -0.25) is 0 Å². The van der Waals surface area contributed by atoms with Crippen molar-refractivity contribution in [2.24, 2.45) is 17.8 Å². The monoisotopic (exact) mass is 289 g/mol. The van der Waals surface area contributed by atoms with Crippen LogP contribution in [0.5, 0.6) is 0 Å². The van der Waals surface area contributed by atoms with Crippen molar-refractivity contribution in [1.29, 1.82) is 0 Å². The molecule has 21 heavy (non-hydrogen) atoms. The number of anilines is 1. The standard InChI is InChI=1S/C17H27N3O/c1-10(2)14(11(3)4)9-20-16-7-6-13(18)8-15(16)19-17(20)12(5)21/h6-8,10-12,14,21H,9,18H2,1-5H3. The minimum Gasteiger partial charge on any atom is -0.399 e. The van der Waals surface area contributed by atoms with E-state index >= 15 is 0 Å². The van der Waals surface area contributed by atoms with Crippen molar-refractivity contribution in [2.75, 3.05) is 5.73 Å². The Bertz CT molecular complexity index is 606.